The van der Waals surface area contributed by atoms with Gasteiger partial charge in [0.1, 0.15) is 10.3 Å². The fourth-order valence-electron chi connectivity index (χ4n) is 6.71. The van der Waals surface area contributed by atoms with Crippen molar-refractivity contribution in [2.75, 3.05) is 19.6 Å². The summed E-state index contributed by atoms with van der Waals surface area (Å²) >= 11 is 1.38. The fourth-order valence-corrected chi connectivity index (χ4v) is 7.55. The molecule has 4 heterocycles. The number of aliphatic hydroxyl groups excluding tert-OH is 1. The van der Waals surface area contributed by atoms with E-state index >= 15 is 0 Å². The number of hydrogen-bond acceptors (Lipinski definition) is 8. The Labute approximate surface area is 272 Å². The maximum Gasteiger partial charge on any atom is 0.494 e. The van der Waals surface area contributed by atoms with Crippen LogP contribution < -0.4 is 10.8 Å². The molecule has 2 N–H and O–H groups in total. The lowest BCUT2D eigenvalue weighted by atomic mass is 9.71. The minimum atomic E-state index is -0.434. The maximum atomic E-state index is 13.7. The summed E-state index contributed by atoms with van der Waals surface area (Å²) in [6.45, 7) is 17.7. The van der Waals surface area contributed by atoms with Crippen LogP contribution in [0.2, 0.25) is 0 Å². The van der Waals surface area contributed by atoms with Crippen molar-refractivity contribution in [1.82, 2.24) is 20.2 Å². The van der Waals surface area contributed by atoms with E-state index < -0.39 is 18.3 Å². The summed E-state index contributed by atoms with van der Waals surface area (Å²) in [6, 6.07) is 10.2. The molecule has 3 aliphatic rings. The van der Waals surface area contributed by atoms with E-state index in [2.05, 4.69) is 76.9 Å². The third-order valence-corrected chi connectivity index (χ3v) is 11.6. The first-order chi connectivity index (χ1) is 21.2. The highest BCUT2D eigenvalue weighted by Gasteiger charge is 2.51. The molecule has 0 bridgehead atoms. The van der Waals surface area contributed by atoms with Crippen molar-refractivity contribution >= 4 is 40.2 Å². The molecule has 1 amide bonds. The van der Waals surface area contributed by atoms with E-state index in [9.17, 15) is 9.90 Å². The molecule has 0 saturated carbocycles. The van der Waals surface area contributed by atoms with Gasteiger partial charge in [-0.2, -0.15) is 0 Å². The van der Waals surface area contributed by atoms with Gasteiger partial charge in [-0.15, -0.1) is 0 Å². The molecular weight excluding hydrogens is 583 g/mol. The van der Waals surface area contributed by atoms with Gasteiger partial charge in [-0.1, -0.05) is 56.4 Å². The first-order valence-corrected chi connectivity index (χ1v) is 17.5. The zero-order chi connectivity index (χ0) is 32.1. The number of aromatic nitrogens is 2. The van der Waals surface area contributed by atoms with Crippen LogP contribution >= 0.6 is 11.3 Å². The Kier molecular flexibility index (Phi) is 8.93. The maximum absolute atomic E-state index is 13.7. The lowest BCUT2D eigenvalue weighted by Crippen LogP contribution is -2.41. The normalized spacial score (nSPS) is 22.8. The quantitative estimate of drug-likeness (QED) is 0.334. The van der Waals surface area contributed by atoms with Gasteiger partial charge in [-0.3, -0.25) is 4.79 Å². The number of hydrogen-bond donors (Lipinski definition) is 2. The van der Waals surface area contributed by atoms with E-state index in [-0.39, 0.29) is 23.5 Å². The topological polar surface area (TPSA) is 96.8 Å². The average molecular weight is 633 g/mol. The van der Waals surface area contributed by atoms with Gasteiger partial charge in [0.05, 0.1) is 23.3 Å². The predicted octanol–water partition coefficient (Wildman–Crippen LogP) is 5.46. The Morgan fingerprint density at radius 3 is 2.40 bits per heavy atom. The second kappa shape index (κ2) is 12.3. The Morgan fingerprint density at radius 1 is 1.09 bits per heavy atom. The summed E-state index contributed by atoms with van der Waals surface area (Å²) in [4.78, 5) is 26.7. The SMILES string of the molecule is CC(C)(C)C1CCc2nc3sc(C(=O)N[C@H](CCN4CCC(O)CC4)c4ccc(B5OC(C)(C)C(C)(C)O5)cc4)nc3cc2C1. The van der Waals surface area contributed by atoms with Crippen LogP contribution in [-0.2, 0) is 22.2 Å². The summed E-state index contributed by atoms with van der Waals surface area (Å²) in [5.74, 6) is 0.448. The molecule has 45 heavy (non-hydrogen) atoms. The van der Waals surface area contributed by atoms with Crippen molar-refractivity contribution in [3.05, 3.63) is 52.2 Å². The van der Waals surface area contributed by atoms with Gasteiger partial charge < -0.3 is 24.6 Å². The highest BCUT2D eigenvalue weighted by molar-refractivity contribution is 7.19. The Bertz CT molecular complexity index is 1510. The second-order valence-corrected chi connectivity index (χ2v) is 16.4. The zero-order valence-corrected chi connectivity index (χ0v) is 28.8. The summed E-state index contributed by atoms with van der Waals surface area (Å²) in [6.07, 6.45) is 5.26. The number of likely N-dealkylation sites (tertiary alicyclic amines) is 1. The molecule has 1 aliphatic carbocycles. The van der Waals surface area contributed by atoms with Gasteiger partial charge in [-0.05, 0) is 100 Å². The van der Waals surface area contributed by atoms with Crippen LogP contribution in [0, 0.1) is 11.3 Å². The molecule has 0 spiro atoms. The molecule has 2 atom stereocenters. The molecule has 3 aromatic rings. The monoisotopic (exact) mass is 632 g/mol. The number of rotatable bonds is 7. The van der Waals surface area contributed by atoms with E-state index in [0.717, 1.165) is 85.2 Å². The third kappa shape index (κ3) is 7.00. The number of nitrogens with zero attached hydrogens (tertiary/aromatic N) is 3. The standard InChI is InChI=1S/C35H49BN4O4S/c1-33(2,3)24-10-13-27-23(20-24)21-29-31(38-27)45-32(39-29)30(42)37-28(16-19-40-17-14-26(41)15-18-40)22-8-11-25(12-9-22)36-43-34(4,5)35(6,7)44-36/h8-9,11-12,21,24,26,28,41H,10,13-20H2,1-7H3,(H,37,42)/t24?,28-/m1/s1. The molecular formula is C35H49BN4O4S. The number of carbonyl (C=O) groups excluding carboxylic acids is 1. The number of aliphatic hydroxyl groups is 1. The Balaban J connectivity index is 1.20. The van der Waals surface area contributed by atoms with Gasteiger partial charge in [0.25, 0.3) is 5.91 Å². The zero-order valence-electron chi connectivity index (χ0n) is 28.0. The summed E-state index contributed by atoms with van der Waals surface area (Å²) in [5, 5.41) is 13.7. The van der Waals surface area contributed by atoms with Crippen molar-refractivity contribution in [2.45, 2.75) is 110 Å². The van der Waals surface area contributed by atoms with Crippen LogP contribution in [0.1, 0.15) is 107 Å². The van der Waals surface area contributed by atoms with E-state index in [4.69, 9.17) is 19.3 Å². The van der Waals surface area contributed by atoms with Gasteiger partial charge in [-0.25, -0.2) is 9.97 Å². The summed E-state index contributed by atoms with van der Waals surface area (Å²) in [5.41, 5.74) is 4.68. The summed E-state index contributed by atoms with van der Waals surface area (Å²) < 4.78 is 12.5. The molecule has 242 valence electrons. The number of piperidine rings is 1. The predicted molar refractivity (Wildman–Crippen MR) is 181 cm³/mol. The average Bonchev–Trinajstić information content (AvgIpc) is 3.50. The van der Waals surface area contributed by atoms with Crippen LogP contribution in [0.4, 0.5) is 0 Å². The molecule has 2 aliphatic heterocycles. The lowest BCUT2D eigenvalue weighted by Gasteiger charge is -2.34. The number of fused-ring (bicyclic) bond motifs is 2. The first-order valence-electron chi connectivity index (χ1n) is 16.6. The van der Waals surface area contributed by atoms with E-state index in [1.165, 1.54) is 16.9 Å². The number of thiazole rings is 1. The van der Waals surface area contributed by atoms with E-state index in [1.807, 2.05) is 12.1 Å². The van der Waals surface area contributed by atoms with Gasteiger partial charge in [0.2, 0.25) is 0 Å². The summed E-state index contributed by atoms with van der Waals surface area (Å²) in [7, 11) is -0.434. The molecule has 2 fully saturated rings. The van der Waals surface area contributed by atoms with Crippen LogP contribution in [-0.4, -0.2) is 69.9 Å². The minimum Gasteiger partial charge on any atom is -0.399 e. The third-order valence-electron chi connectivity index (χ3n) is 10.6. The van der Waals surface area contributed by atoms with Crippen LogP contribution in [0.15, 0.2) is 30.3 Å². The van der Waals surface area contributed by atoms with Crippen LogP contribution in [0.25, 0.3) is 10.3 Å². The van der Waals surface area contributed by atoms with Crippen molar-refractivity contribution in [1.29, 1.82) is 0 Å². The number of aryl methyl sites for hydroxylation is 1. The molecule has 2 saturated heterocycles. The minimum absolute atomic E-state index is 0.169. The molecule has 6 rings (SSSR count). The molecule has 8 nitrogen and oxygen atoms in total. The number of carbonyl (C=O) groups is 1. The van der Waals surface area contributed by atoms with Crippen LogP contribution in [0.3, 0.4) is 0 Å². The van der Waals surface area contributed by atoms with Crippen molar-refractivity contribution in [3.63, 3.8) is 0 Å². The van der Waals surface area contributed by atoms with E-state index in [1.54, 1.807) is 0 Å². The lowest BCUT2D eigenvalue weighted by molar-refractivity contribution is 0.00578. The van der Waals surface area contributed by atoms with Gasteiger partial charge >= 0.3 is 7.12 Å². The van der Waals surface area contributed by atoms with Crippen molar-refractivity contribution in [3.8, 4) is 0 Å². The smallest absolute Gasteiger partial charge is 0.399 e. The fraction of sp³-hybridized carbons (Fsp3) is 0.629. The highest BCUT2D eigenvalue weighted by atomic mass is 32.1. The van der Waals surface area contributed by atoms with Gasteiger partial charge in [0.15, 0.2) is 5.01 Å². The molecule has 2 aromatic heterocycles. The highest BCUT2D eigenvalue weighted by Crippen LogP contribution is 2.39. The first kappa shape index (κ1) is 32.6. The number of pyridine rings is 1. The van der Waals surface area contributed by atoms with Crippen LogP contribution in [0.5, 0.6) is 0 Å². The number of amides is 1. The number of benzene rings is 1. The largest absolute Gasteiger partial charge is 0.494 e. The van der Waals surface area contributed by atoms with Crippen molar-refractivity contribution < 1.29 is 19.2 Å². The van der Waals surface area contributed by atoms with E-state index in [0.29, 0.717) is 10.9 Å². The van der Waals surface area contributed by atoms with Crippen molar-refractivity contribution in [2.24, 2.45) is 11.3 Å². The molecule has 1 unspecified atom stereocenters. The molecule has 1 aromatic carbocycles. The second-order valence-electron chi connectivity index (χ2n) is 15.4. The molecule has 10 heteroatoms. The van der Waals surface area contributed by atoms with Gasteiger partial charge in [0, 0.05) is 25.3 Å². The Hall–Kier alpha value is -2.37. The molecule has 0 radical (unpaired) electrons. The number of nitrogens with one attached hydrogen (secondary N) is 1. The Morgan fingerprint density at radius 2 is 1.76 bits per heavy atom.